The lowest BCUT2D eigenvalue weighted by molar-refractivity contribution is 0.228. The fourth-order valence-electron chi connectivity index (χ4n) is 3.59. The third-order valence-corrected chi connectivity index (χ3v) is 4.99. The van der Waals surface area contributed by atoms with Crippen LogP contribution in [0.15, 0.2) is 12.1 Å². The van der Waals surface area contributed by atoms with Crippen molar-refractivity contribution in [1.82, 2.24) is 10.2 Å². The lowest BCUT2D eigenvalue weighted by atomic mass is 9.95. The molecule has 0 radical (unpaired) electrons. The first kappa shape index (κ1) is 14.0. The number of rotatable bonds is 3. The molecule has 2 heterocycles. The second-order valence-corrected chi connectivity index (χ2v) is 6.30. The third kappa shape index (κ3) is 2.36. The summed E-state index contributed by atoms with van der Waals surface area (Å²) in [7, 11) is 1.55. The average Bonchev–Trinajstić information content (AvgIpc) is 2.98. The van der Waals surface area contributed by atoms with E-state index < -0.39 is 0 Å². The number of hydrogen-bond acceptors (Lipinski definition) is 4. The quantitative estimate of drug-likeness (QED) is 0.896. The minimum atomic E-state index is 0.208. The zero-order valence-electron chi connectivity index (χ0n) is 11.9. The van der Waals surface area contributed by atoms with Gasteiger partial charge in [0.2, 0.25) is 0 Å². The van der Waals surface area contributed by atoms with E-state index in [1.54, 1.807) is 13.2 Å². The van der Waals surface area contributed by atoms with E-state index in [1.807, 2.05) is 6.07 Å². The molecule has 2 aliphatic rings. The molecule has 5 heteroatoms. The highest BCUT2D eigenvalue weighted by atomic mass is 35.5. The Balaban J connectivity index is 1.80. The second kappa shape index (κ2) is 5.43. The van der Waals surface area contributed by atoms with E-state index in [2.05, 4.69) is 17.1 Å². The van der Waals surface area contributed by atoms with E-state index in [1.165, 1.54) is 0 Å². The van der Waals surface area contributed by atoms with E-state index in [4.69, 9.17) is 16.3 Å². The summed E-state index contributed by atoms with van der Waals surface area (Å²) in [6.45, 7) is 6.28. The van der Waals surface area contributed by atoms with Crippen LogP contribution in [0.2, 0.25) is 5.02 Å². The van der Waals surface area contributed by atoms with Gasteiger partial charge >= 0.3 is 0 Å². The van der Waals surface area contributed by atoms with Crippen molar-refractivity contribution in [1.29, 1.82) is 0 Å². The number of hydrogen-bond donors (Lipinski definition) is 2. The highest BCUT2D eigenvalue weighted by molar-refractivity contribution is 6.30. The second-order valence-electron chi connectivity index (χ2n) is 5.87. The van der Waals surface area contributed by atoms with Gasteiger partial charge in [-0.15, -0.1) is 0 Å². The molecule has 1 aromatic carbocycles. The molecule has 3 unspecified atom stereocenters. The number of phenols is 1. The van der Waals surface area contributed by atoms with Crippen LogP contribution in [-0.2, 0) is 6.54 Å². The molecule has 0 aromatic heterocycles. The number of ether oxygens (including phenoxy) is 1. The summed E-state index contributed by atoms with van der Waals surface area (Å²) < 4.78 is 5.17. The summed E-state index contributed by atoms with van der Waals surface area (Å²) in [5, 5.41) is 14.3. The molecule has 20 heavy (non-hydrogen) atoms. The summed E-state index contributed by atoms with van der Waals surface area (Å²) in [5.74, 6) is 2.10. The monoisotopic (exact) mass is 296 g/mol. The minimum Gasteiger partial charge on any atom is -0.504 e. The minimum absolute atomic E-state index is 0.208. The molecule has 2 fully saturated rings. The van der Waals surface area contributed by atoms with Crippen LogP contribution in [0.4, 0.5) is 0 Å². The molecule has 0 bridgehead atoms. The molecule has 0 amide bonds. The number of aromatic hydroxyl groups is 1. The van der Waals surface area contributed by atoms with E-state index in [0.717, 1.165) is 43.6 Å². The van der Waals surface area contributed by atoms with Crippen LogP contribution in [0.1, 0.15) is 12.5 Å². The van der Waals surface area contributed by atoms with Crippen molar-refractivity contribution in [2.75, 3.05) is 26.7 Å². The first-order chi connectivity index (χ1) is 9.60. The number of fused-ring (bicyclic) bond motifs is 1. The lowest BCUT2D eigenvalue weighted by Gasteiger charge is -2.25. The van der Waals surface area contributed by atoms with Crippen molar-refractivity contribution >= 4 is 11.6 Å². The van der Waals surface area contributed by atoms with Gasteiger partial charge in [0.05, 0.1) is 7.11 Å². The van der Waals surface area contributed by atoms with Crippen LogP contribution in [-0.4, -0.2) is 42.8 Å². The highest BCUT2D eigenvalue weighted by Gasteiger charge is 2.41. The molecular formula is C15H21ClN2O2. The van der Waals surface area contributed by atoms with Gasteiger partial charge in [-0.3, -0.25) is 4.90 Å². The van der Waals surface area contributed by atoms with E-state index in [-0.39, 0.29) is 5.75 Å². The molecule has 2 saturated heterocycles. The average molecular weight is 297 g/mol. The number of likely N-dealkylation sites (tertiary alicyclic amines) is 1. The summed E-state index contributed by atoms with van der Waals surface area (Å²) in [6, 6.07) is 4.00. The molecule has 3 rings (SSSR count). The van der Waals surface area contributed by atoms with Crippen molar-refractivity contribution < 1.29 is 9.84 Å². The van der Waals surface area contributed by atoms with Crippen molar-refractivity contribution in [3.05, 3.63) is 22.7 Å². The van der Waals surface area contributed by atoms with Gasteiger partial charge < -0.3 is 15.2 Å². The number of halogens is 1. The lowest BCUT2D eigenvalue weighted by Crippen LogP contribution is -2.32. The van der Waals surface area contributed by atoms with Crippen molar-refractivity contribution in [2.45, 2.75) is 19.5 Å². The van der Waals surface area contributed by atoms with Gasteiger partial charge in [-0.25, -0.2) is 0 Å². The van der Waals surface area contributed by atoms with Gasteiger partial charge in [-0.05, 0) is 37.9 Å². The molecule has 2 aliphatic heterocycles. The standard InChI is InChI=1S/C15H21ClN2O2/c1-9-13-6-17-5-11(13)8-18(9)7-10-3-12(16)4-14(20-2)15(10)19/h3-4,9,11,13,17,19H,5-8H2,1-2H3. The Morgan fingerprint density at radius 1 is 1.45 bits per heavy atom. The number of benzene rings is 1. The van der Waals surface area contributed by atoms with E-state index in [9.17, 15) is 5.11 Å². The van der Waals surface area contributed by atoms with Crippen LogP contribution < -0.4 is 10.1 Å². The topological polar surface area (TPSA) is 44.7 Å². The van der Waals surface area contributed by atoms with Crippen LogP contribution in [0.5, 0.6) is 11.5 Å². The third-order valence-electron chi connectivity index (χ3n) is 4.77. The molecule has 4 nitrogen and oxygen atoms in total. The van der Waals surface area contributed by atoms with Crippen molar-refractivity contribution in [3.8, 4) is 11.5 Å². The molecule has 3 atom stereocenters. The Bertz CT molecular complexity index is 509. The first-order valence-corrected chi connectivity index (χ1v) is 7.48. The predicted octanol–water partition coefficient (Wildman–Crippen LogP) is 2.09. The van der Waals surface area contributed by atoms with Crippen molar-refractivity contribution in [2.24, 2.45) is 11.8 Å². The normalized spacial score (nSPS) is 29.6. The van der Waals surface area contributed by atoms with E-state index >= 15 is 0 Å². The summed E-state index contributed by atoms with van der Waals surface area (Å²) in [5.41, 5.74) is 0.842. The number of methoxy groups -OCH3 is 1. The van der Waals surface area contributed by atoms with Crippen LogP contribution in [0, 0.1) is 11.8 Å². The first-order valence-electron chi connectivity index (χ1n) is 7.10. The molecule has 0 aliphatic carbocycles. The fraction of sp³-hybridized carbons (Fsp3) is 0.600. The Kier molecular flexibility index (Phi) is 3.80. The summed E-state index contributed by atoms with van der Waals surface area (Å²) >= 11 is 6.10. The van der Waals surface area contributed by atoms with Gasteiger partial charge in [0.25, 0.3) is 0 Å². The van der Waals surface area contributed by atoms with Crippen molar-refractivity contribution in [3.63, 3.8) is 0 Å². The van der Waals surface area contributed by atoms with E-state index in [0.29, 0.717) is 16.8 Å². The maximum atomic E-state index is 10.2. The number of nitrogens with one attached hydrogen (secondary N) is 1. The molecule has 0 saturated carbocycles. The van der Waals surface area contributed by atoms with Gasteiger partial charge in [0.1, 0.15) is 0 Å². The Hall–Kier alpha value is -0.970. The number of phenolic OH excluding ortho intramolecular Hbond substituents is 1. The summed E-state index contributed by atoms with van der Waals surface area (Å²) in [4.78, 5) is 2.43. The van der Waals surface area contributed by atoms with Crippen LogP contribution in [0.25, 0.3) is 0 Å². The molecule has 2 N–H and O–H groups in total. The number of nitrogens with zero attached hydrogens (tertiary/aromatic N) is 1. The highest BCUT2D eigenvalue weighted by Crippen LogP contribution is 2.38. The van der Waals surface area contributed by atoms with Gasteiger partial charge in [0.15, 0.2) is 11.5 Å². The van der Waals surface area contributed by atoms with Crippen LogP contribution >= 0.6 is 11.6 Å². The zero-order valence-corrected chi connectivity index (χ0v) is 12.7. The Labute approximate surface area is 124 Å². The molecule has 110 valence electrons. The SMILES string of the molecule is COc1cc(Cl)cc(CN2CC3CNCC3C2C)c1O. The smallest absolute Gasteiger partial charge is 0.162 e. The van der Waals surface area contributed by atoms with Gasteiger partial charge in [0, 0.05) is 35.8 Å². The maximum absolute atomic E-state index is 10.2. The fourth-order valence-corrected chi connectivity index (χ4v) is 3.82. The largest absolute Gasteiger partial charge is 0.504 e. The Morgan fingerprint density at radius 3 is 2.95 bits per heavy atom. The van der Waals surface area contributed by atoms with Gasteiger partial charge in [-0.2, -0.15) is 0 Å². The van der Waals surface area contributed by atoms with Gasteiger partial charge in [-0.1, -0.05) is 11.6 Å². The molecule has 1 aromatic rings. The zero-order chi connectivity index (χ0) is 14.3. The molecule has 0 spiro atoms. The van der Waals surface area contributed by atoms with Crippen LogP contribution in [0.3, 0.4) is 0 Å². The summed E-state index contributed by atoms with van der Waals surface area (Å²) in [6.07, 6.45) is 0. The Morgan fingerprint density at radius 2 is 2.25 bits per heavy atom. The predicted molar refractivity (Wildman–Crippen MR) is 79.4 cm³/mol. The molecular weight excluding hydrogens is 276 g/mol. The maximum Gasteiger partial charge on any atom is 0.162 e.